The third-order valence-electron chi connectivity index (χ3n) is 3.84. The molecule has 0 saturated carbocycles. The van der Waals surface area contributed by atoms with Gasteiger partial charge in [-0.25, -0.2) is 0 Å². The number of aromatic nitrogens is 2. The molecule has 7 heteroatoms. The maximum Gasteiger partial charge on any atom is 2.00 e. The van der Waals surface area contributed by atoms with E-state index in [-0.39, 0.29) is 50.6 Å². The third kappa shape index (κ3) is 5.85. The Balaban J connectivity index is 0.000000187. The maximum atomic E-state index is 10.3. The number of aromatic amines is 2. The molecular weight excluding hydrogens is 372 g/mol. The van der Waals surface area contributed by atoms with E-state index in [1.807, 2.05) is 60.7 Å². The summed E-state index contributed by atoms with van der Waals surface area (Å²) in [5, 5.41) is 22.7. The zero-order valence-electron chi connectivity index (χ0n) is 14.5. The standard InChI is InChI=1S/2C10H9NO2.Ca/c2*12-10(13)6-8-5-7-3-1-2-4-9(7)11-8;/h2*1-5,11H,6H2,(H,12,13);/q;;+2/p-2. The minimum atomic E-state index is -1.06. The zero-order valence-corrected chi connectivity index (χ0v) is 16.7. The van der Waals surface area contributed by atoms with Crippen LogP contribution in [0.25, 0.3) is 21.8 Å². The van der Waals surface area contributed by atoms with Gasteiger partial charge in [-0.3, -0.25) is 0 Å². The summed E-state index contributed by atoms with van der Waals surface area (Å²) in [5.41, 5.74) is 3.28. The molecule has 6 nitrogen and oxygen atoms in total. The molecule has 0 aliphatic rings. The average Bonchev–Trinajstić information content (AvgIpc) is 3.16. The SMILES string of the molecule is O=C([O-])Cc1cc2ccccc2[nH]1.O=C([O-])Cc1cc2ccccc2[nH]1.[Ca+2]. The van der Waals surface area contributed by atoms with Gasteiger partial charge < -0.3 is 29.8 Å². The number of hydrogen-bond donors (Lipinski definition) is 2. The van der Waals surface area contributed by atoms with Crippen molar-refractivity contribution >= 4 is 71.5 Å². The summed E-state index contributed by atoms with van der Waals surface area (Å²) >= 11 is 0. The van der Waals surface area contributed by atoms with E-state index in [1.54, 1.807) is 0 Å². The van der Waals surface area contributed by atoms with E-state index in [2.05, 4.69) is 9.97 Å². The molecule has 4 rings (SSSR count). The molecule has 2 aromatic heterocycles. The van der Waals surface area contributed by atoms with Crippen molar-refractivity contribution in [1.82, 2.24) is 9.97 Å². The fourth-order valence-corrected chi connectivity index (χ4v) is 2.77. The molecule has 2 N–H and O–H groups in total. The van der Waals surface area contributed by atoms with Crippen LogP contribution in [0.5, 0.6) is 0 Å². The molecule has 0 atom stereocenters. The van der Waals surface area contributed by atoms with E-state index in [4.69, 9.17) is 0 Å². The van der Waals surface area contributed by atoms with Gasteiger partial charge in [-0.1, -0.05) is 36.4 Å². The van der Waals surface area contributed by atoms with Gasteiger partial charge in [-0.05, 0) is 35.0 Å². The quantitative estimate of drug-likeness (QED) is 0.497. The van der Waals surface area contributed by atoms with Crippen LogP contribution < -0.4 is 10.2 Å². The Morgan fingerprint density at radius 2 is 1.07 bits per heavy atom. The topological polar surface area (TPSA) is 112 Å². The molecule has 0 unspecified atom stereocenters. The van der Waals surface area contributed by atoms with Crippen LogP contribution in [0.15, 0.2) is 60.7 Å². The predicted molar refractivity (Wildman–Crippen MR) is 99.8 cm³/mol. The number of carboxylic acid groups (broad SMARTS) is 2. The molecule has 2 heterocycles. The summed E-state index contributed by atoms with van der Waals surface area (Å²) in [6.45, 7) is 0. The normalized spacial score (nSPS) is 10.1. The summed E-state index contributed by atoms with van der Waals surface area (Å²) in [6, 6.07) is 19.0. The molecule has 0 bridgehead atoms. The van der Waals surface area contributed by atoms with Crippen molar-refractivity contribution in [3.63, 3.8) is 0 Å². The van der Waals surface area contributed by atoms with Gasteiger partial charge in [0.15, 0.2) is 0 Å². The van der Waals surface area contributed by atoms with E-state index in [9.17, 15) is 19.8 Å². The van der Waals surface area contributed by atoms with Gasteiger partial charge in [0, 0.05) is 47.2 Å². The van der Waals surface area contributed by atoms with Crippen LogP contribution in [0.3, 0.4) is 0 Å². The van der Waals surface area contributed by atoms with E-state index >= 15 is 0 Å². The van der Waals surface area contributed by atoms with E-state index in [0.29, 0.717) is 11.4 Å². The van der Waals surface area contributed by atoms with Crippen molar-refractivity contribution in [3.05, 3.63) is 72.1 Å². The molecule has 0 saturated heterocycles. The molecule has 132 valence electrons. The molecule has 27 heavy (non-hydrogen) atoms. The summed E-state index contributed by atoms with van der Waals surface area (Å²) in [5.74, 6) is -2.13. The first-order valence-corrected chi connectivity index (χ1v) is 8.04. The van der Waals surface area contributed by atoms with Gasteiger partial charge in [-0.15, -0.1) is 0 Å². The molecule has 2 aromatic carbocycles. The zero-order chi connectivity index (χ0) is 18.5. The van der Waals surface area contributed by atoms with Crippen LogP contribution in [-0.4, -0.2) is 59.6 Å². The van der Waals surface area contributed by atoms with Crippen molar-refractivity contribution in [2.45, 2.75) is 12.8 Å². The Hall–Kier alpha value is -2.28. The molecule has 0 fully saturated rings. The van der Waals surface area contributed by atoms with Gasteiger partial charge >= 0.3 is 37.7 Å². The number of benzene rings is 2. The minimum Gasteiger partial charge on any atom is -0.550 e. The number of carbonyl (C=O) groups excluding carboxylic acids is 2. The second-order valence-electron chi connectivity index (χ2n) is 5.86. The summed E-state index contributed by atoms with van der Waals surface area (Å²) in [6.07, 6.45) is -0.122. The molecule has 0 amide bonds. The number of aliphatic carboxylic acids is 2. The van der Waals surface area contributed by atoms with Crippen LogP contribution in [-0.2, 0) is 22.4 Å². The van der Waals surface area contributed by atoms with E-state index in [0.717, 1.165) is 21.8 Å². The first kappa shape index (κ1) is 21.0. The Kier molecular flexibility index (Phi) is 7.47. The number of rotatable bonds is 4. The van der Waals surface area contributed by atoms with Crippen LogP contribution >= 0.6 is 0 Å². The van der Waals surface area contributed by atoms with E-state index < -0.39 is 11.9 Å². The fourth-order valence-electron chi connectivity index (χ4n) is 2.77. The van der Waals surface area contributed by atoms with Crippen LogP contribution in [0.2, 0.25) is 0 Å². The van der Waals surface area contributed by atoms with Gasteiger partial charge in [0.05, 0.1) is 0 Å². The summed E-state index contributed by atoms with van der Waals surface area (Å²) < 4.78 is 0. The van der Waals surface area contributed by atoms with Crippen LogP contribution in [0.4, 0.5) is 0 Å². The molecule has 0 aliphatic heterocycles. The molecular formula is C20H16CaN2O4. The second-order valence-corrected chi connectivity index (χ2v) is 5.86. The molecule has 0 aliphatic carbocycles. The van der Waals surface area contributed by atoms with Gasteiger partial charge in [0.1, 0.15) is 0 Å². The third-order valence-corrected chi connectivity index (χ3v) is 3.84. The number of para-hydroxylation sites is 2. The minimum absolute atomic E-state index is 0. The second kappa shape index (κ2) is 9.60. The number of H-pyrrole nitrogens is 2. The van der Waals surface area contributed by atoms with Crippen LogP contribution in [0.1, 0.15) is 11.4 Å². The van der Waals surface area contributed by atoms with Crippen molar-refractivity contribution in [2.24, 2.45) is 0 Å². The number of carbonyl (C=O) groups is 2. The van der Waals surface area contributed by atoms with Crippen molar-refractivity contribution in [3.8, 4) is 0 Å². The fraction of sp³-hybridized carbons (Fsp3) is 0.100. The van der Waals surface area contributed by atoms with Crippen molar-refractivity contribution < 1.29 is 19.8 Å². The number of nitrogens with one attached hydrogen (secondary N) is 2. The van der Waals surface area contributed by atoms with Crippen molar-refractivity contribution in [1.29, 1.82) is 0 Å². The summed E-state index contributed by atoms with van der Waals surface area (Å²) in [7, 11) is 0. The molecule has 4 aromatic rings. The molecule has 0 spiro atoms. The first-order chi connectivity index (χ1) is 12.5. The smallest absolute Gasteiger partial charge is 0.550 e. The Bertz CT molecular complexity index is 916. The number of fused-ring (bicyclic) bond motifs is 2. The molecule has 0 radical (unpaired) electrons. The van der Waals surface area contributed by atoms with Gasteiger partial charge in [0.25, 0.3) is 0 Å². The monoisotopic (exact) mass is 388 g/mol. The van der Waals surface area contributed by atoms with Gasteiger partial charge in [-0.2, -0.15) is 0 Å². The van der Waals surface area contributed by atoms with Crippen molar-refractivity contribution in [2.75, 3.05) is 0 Å². The van der Waals surface area contributed by atoms with E-state index in [1.165, 1.54) is 0 Å². The Morgan fingerprint density at radius 1 is 0.704 bits per heavy atom. The largest absolute Gasteiger partial charge is 2.00 e. The van der Waals surface area contributed by atoms with Gasteiger partial charge in [0.2, 0.25) is 0 Å². The Morgan fingerprint density at radius 3 is 1.41 bits per heavy atom. The first-order valence-electron chi connectivity index (χ1n) is 8.04. The summed E-state index contributed by atoms with van der Waals surface area (Å²) in [4.78, 5) is 26.6. The Labute approximate surface area is 185 Å². The van der Waals surface area contributed by atoms with Crippen LogP contribution in [0, 0.1) is 0 Å². The predicted octanol–water partition coefficient (Wildman–Crippen LogP) is 0.540. The number of carboxylic acids is 2. The number of hydrogen-bond acceptors (Lipinski definition) is 4. The average molecular weight is 388 g/mol. The maximum absolute atomic E-state index is 10.3.